The predicted octanol–water partition coefficient (Wildman–Crippen LogP) is 4.17. The van der Waals surface area contributed by atoms with Crippen LogP contribution >= 0.6 is 11.3 Å². The molecule has 4 nitrogen and oxygen atoms in total. The molecule has 0 aliphatic rings. The highest BCUT2D eigenvalue weighted by Crippen LogP contribution is 2.30. The fraction of sp³-hybridized carbons (Fsp3) is 0.263. The molecule has 0 unspecified atom stereocenters. The SMILES string of the molecule is CCCn1c(=NC(=O)c2ccccc2)sc2c(C)ccc(OC)c21. The number of thiazole rings is 1. The van der Waals surface area contributed by atoms with Crippen LogP contribution in [0.1, 0.15) is 29.3 Å². The fourth-order valence-corrected chi connectivity index (χ4v) is 3.83. The number of benzene rings is 2. The highest BCUT2D eigenvalue weighted by Gasteiger charge is 2.14. The van der Waals surface area contributed by atoms with Crippen LogP contribution < -0.4 is 9.54 Å². The van der Waals surface area contributed by atoms with Gasteiger partial charge in [-0.25, -0.2) is 0 Å². The highest BCUT2D eigenvalue weighted by atomic mass is 32.1. The lowest BCUT2D eigenvalue weighted by atomic mass is 10.2. The van der Waals surface area contributed by atoms with Crippen molar-refractivity contribution in [2.24, 2.45) is 4.99 Å². The Morgan fingerprint density at radius 1 is 1.21 bits per heavy atom. The Hall–Kier alpha value is -2.40. The Morgan fingerprint density at radius 2 is 1.96 bits per heavy atom. The first-order chi connectivity index (χ1) is 11.7. The second kappa shape index (κ2) is 7.01. The van der Waals surface area contributed by atoms with E-state index in [0.29, 0.717) is 10.4 Å². The molecule has 1 aromatic heterocycles. The molecule has 0 aliphatic carbocycles. The van der Waals surface area contributed by atoms with Crippen LogP contribution in [0.5, 0.6) is 5.75 Å². The lowest BCUT2D eigenvalue weighted by Crippen LogP contribution is -2.17. The van der Waals surface area contributed by atoms with E-state index in [1.54, 1.807) is 19.2 Å². The average Bonchev–Trinajstić information content (AvgIpc) is 2.96. The quantitative estimate of drug-likeness (QED) is 0.715. The minimum Gasteiger partial charge on any atom is -0.495 e. The minimum absolute atomic E-state index is 0.219. The van der Waals surface area contributed by atoms with E-state index in [-0.39, 0.29) is 5.91 Å². The van der Waals surface area contributed by atoms with Crippen molar-refractivity contribution in [1.82, 2.24) is 4.57 Å². The van der Waals surface area contributed by atoms with Gasteiger partial charge in [-0.2, -0.15) is 4.99 Å². The van der Waals surface area contributed by atoms with E-state index >= 15 is 0 Å². The van der Waals surface area contributed by atoms with Crippen molar-refractivity contribution in [2.75, 3.05) is 7.11 Å². The summed E-state index contributed by atoms with van der Waals surface area (Å²) < 4.78 is 8.73. The van der Waals surface area contributed by atoms with Crippen LogP contribution in [-0.2, 0) is 6.54 Å². The molecule has 0 radical (unpaired) electrons. The molecule has 0 N–H and O–H groups in total. The van der Waals surface area contributed by atoms with Crippen LogP contribution in [0, 0.1) is 6.92 Å². The molecule has 0 aliphatic heterocycles. The summed E-state index contributed by atoms with van der Waals surface area (Å²) in [7, 11) is 1.67. The van der Waals surface area contributed by atoms with E-state index in [1.807, 2.05) is 30.3 Å². The highest BCUT2D eigenvalue weighted by molar-refractivity contribution is 7.16. The number of fused-ring (bicyclic) bond motifs is 1. The summed E-state index contributed by atoms with van der Waals surface area (Å²) in [4.78, 5) is 17.6. The normalized spacial score (nSPS) is 11.9. The summed E-state index contributed by atoms with van der Waals surface area (Å²) in [6.07, 6.45) is 0.954. The third-order valence-corrected chi connectivity index (χ3v) is 5.08. The van der Waals surface area contributed by atoms with E-state index in [0.717, 1.165) is 34.5 Å². The first-order valence-corrected chi connectivity index (χ1v) is 8.78. The molecule has 0 atom stereocenters. The molecule has 124 valence electrons. The lowest BCUT2D eigenvalue weighted by Gasteiger charge is -2.08. The Balaban J connectivity index is 2.24. The summed E-state index contributed by atoms with van der Waals surface area (Å²) in [5, 5.41) is 0. The van der Waals surface area contributed by atoms with Crippen molar-refractivity contribution in [3.63, 3.8) is 0 Å². The smallest absolute Gasteiger partial charge is 0.279 e. The van der Waals surface area contributed by atoms with Gasteiger partial charge in [0.05, 0.1) is 11.8 Å². The molecule has 1 heterocycles. The van der Waals surface area contributed by atoms with Gasteiger partial charge >= 0.3 is 0 Å². The minimum atomic E-state index is -0.219. The summed E-state index contributed by atoms with van der Waals surface area (Å²) in [6.45, 7) is 4.97. The Bertz CT molecular complexity index is 939. The molecule has 0 bridgehead atoms. The third kappa shape index (κ3) is 2.99. The largest absolute Gasteiger partial charge is 0.495 e. The van der Waals surface area contributed by atoms with E-state index in [9.17, 15) is 4.79 Å². The zero-order valence-electron chi connectivity index (χ0n) is 14.1. The number of aryl methyl sites for hydroxylation is 2. The number of rotatable bonds is 4. The van der Waals surface area contributed by atoms with Crippen LogP contribution in [-0.4, -0.2) is 17.6 Å². The number of carbonyl (C=O) groups is 1. The number of hydrogen-bond acceptors (Lipinski definition) is 3. The van der Waals surface area contributed by atoms with Gasteiger partial charge in [0.2, 0.25) is 0 Å². The van der Waals surface area contributed by atoms with Gasteiger partial charge in [0, 0.05) is 12.1 Å². The Kier molecular flexibility index (Phi) is 4.81. The molecule has 0 saturated heterocycles. The fourth-order valence-electron chi connectivity index (χ4n) is 2.69. The van der Waals surface area contributed by atoms with Gasteiger partial charge in [-0.15, -0.1) is 0 Å². The number of nitrogens with zero attached hydrogens (tertiary/aromatic N) is 2. The predicted molar refractivity (Wildman–Crippen MR) is 97.7 cm³/mol. The van der Waals surface area contributed by atoms with E-state index in [4.69, 9.17) is 4.74 Å². The summed E-state index contributed by atoms with van der Waals surface area (Å²) in [6, 6.07) is 13.2. The molecule has 5 heteroatoms. The Labute approximate surface area is 145 Å². The van der Waals surface area contributed by atoms with Crippen LogP contribution in [0.4, 0.5) is 0 Å². The first-order valence-electron chi connectivity index (χ1n) is 7.96. The second-order valence-electron chi connectivity index (χ2n) is 5.58. The average molecular weight is 340 g/mol. The maximum absolute atomic E-state index is 12.5. The first kappa shape index (κ1) is 16.5. The van der Waals surface area contributed by atoms with Gasteiger partial charge in [-0.1, -0.05) is 42.5 Å². The molecule has 0 fully saturated rings. The second-order valence-corrected chi connectivity index (χ2v) is 6.56. The van der Waals surface area contributed by atoms with E-state index in [2.05, 4.69) is 23.4 Å². The topological polar surface area (TPSA) is 43.6 Å². The van der Waals surface area contributed by atoms with Gasteiger partial charge in [0.15, 0.2) is 4.80 Å². The van der Waals surface area contributed by atoms with Gasteiger partial charge in [-0.3, -0.25) is 4.79 Å². The monoisotopic (exact) mass is 340 g/mol. The molecule has 3 aromatic rings. The number of aromatic nitrogens is 1. The molecule has 0 saturated carbocycles. The zero-order valence-corrected chi connectivity index (χ0v) is 14.9. The number of methoxy groups -OCH3 is 1. The van der Waals surface area contributed by atoms with Crippen molar-refractivity contribution < 1.29 is 9.53 Å². The van der Waals surface area contributed by atoms with Crippen molar-refractivity contribution in [3.8, 4) is 5.75 Å². The van der Waals surface area contributed by atoms with E-state index < -0.39 is 0 Å². The van der Waals surface area contributed by atoms with Crippen LogP contribution in [0.25, 0.3) is 10.2 Å². The van der Waals surface area contributed by atoms with Crippen molar-refractivity contribution in [2.45, 2.75) is 26.8 Å². The summed E-state index contributed by atoms with van der Waals surface area (Å²) in [5.74, 6) is 0.595. The standard InChI is InChI=1S/C19H20N2O2S/c1-4-12-21-16-15(23-3)11-10-13(2)17(16)24-19(21)20-18(22)14-8-6-5-7-9-14/h5-11H,4,12H2,1-3H3. The molecule has 24 heavy (non-hydrogen) atoms. The number of ether oxygens (including phenoxy) is 1. The lowest BCUT2D eigenvalue weighted by molar-refractivity contribution is 0.0998. The van der Waals surface area contributed by atoms with Gasteiger partial charge in [0.25, 0.3) is 5.91 Å². The zero-order chi connectivity index (χ0) is 17.1. The Morgan fingerprint density at radius 3 is 2.62 bits per heavy atom. The molecule has 2 aromatic carbocycles. The van der Waals surface area contributed by atoms with Gasteiger partial charge < -0.3 is 9.30 Å². The molecular formula is C19H20N2O2S. The van der Waals surface area contributed by atoms with Crippen molar-refractivity contribution in [3.05, 3.63) is 58.4 Å². The van der Waals surface area contributed by atoms with Crippen LogP contribution in [0.15, 0.2) is 47.5 Å². The number of hydrogen-bond donors (Lipinski definition) is 0. The van der Waals surface area contributed by atoms with E-state index in [1.165, 1.54) is 11.3 Å². The van der Waals surface area contributed by atoms with Gasteiger partial charge in [0.1, 0.15) is 11.3 Å². The van der Waals surface area contributed by atoms with Crippen molar-refractivity contribution >= 4 is 27.5 Å². The van der Waals surface area contributed by atoms with Crippen LogP contribution in [0.3, 0.4) is 0 Å². The summed E-state index contributed by atoms with van der Waals surface area (Å²) >= 11 is 1.54. The molecule has 0 spiro atoms. The number of amides is 1. The molecular weight excluding hydrogens is 320 g/mol. The summed E-state index contributed by atoms with van der Waals surface area (Å²) in [5.41, 5.74) is 2.78. The third-order valence-electron chi connectivity index (χ3n) is 3.87. The van der Waals surface area contributed by atoms with Crippen molar-refractivity contribution in [1.29, 1.82) is 0 Å². The van der Waals surface area contributed by atoms with Gasteiger partial charge in [-0.05, 0) is 37.1 Å². The molecule has 1 amide bonds. The molecule has 3 rings (SSSR count). The number of carbonyl (C=O) groups excluding carboxylic acids is 1. The van der Waals surface area contributed by atoms with Crippen LogP contribution in [0.2, 0.25) is 0 Å². The maximum atomic E-state index is 12.5. The maximum Gasteiger partial charge on any atom is 0.279 e.